The van der Waals surface area contributed by atoms with Crippen LogP contribution in [0.3, 0.4) is 0 Å². The van der Waals surface area contributed by atoms with Gasteiger partial charge in [0.2, 0.25) is 17.5 Å². The van der Waals surface area contributed by atoms with E-state index in [1.54, 1.807) is 18.2 Å². The number of aromatic nitrogens is 2. The van der Waals surface area contributed by atoms with E-state index in [0.29, 0.717) is 23.3 Å². The lowest BCUT2D eigenvalue weighted by atomic mass is 10.3. The maximum absolute atomic E-state index is 5.79. The van der Waals surface area contributed by atoms with Gasteiger partial charge in [-0.3, -0.25) is 0 Å². The predicted octanol–water partition coefficient (Wildman–Crippen LogP) is 3.33. The molecule has 2 aromatic carbocycles. The van der Waals surface area contributed by atoms with Crippen molar-refractivity contribution in [3.05, 3.63) is 54.6 Å². The number of benzene rings is 2. The summed E-state index contributed by atoms with van der Waals surface area (Å²) in [5, 5.41) is 0. The fourth-order valence-corrected chi connectivity index (χ4v) is 2.12. The molecule has 0 aliphatic carbocycles. The van der Waals surface area contributed by atoms with Gasteiger partial charge in [-0.1, -0.05) is 24.3 Å². The van der Waals surface area contributed by atoms with Crippen LogP contribution in [0, 0.1) is 0 Å². The highest BCUT2D eigenvalue weighted by atomic mass is 16.6. The average molecular weight is 355 g/mol. The Labute approximate surface area is 150 Å². The van der Waals surface area contributed by atoms with E-state index in [1.165, 1.54) is 20.3 Å². The number of rotatable bonds is 7. The first-order chi connectivity index (χ1) is 12.7. The molecule has 0 spiro atoms. The first-order valence-corrected chi connectivity index (χ1v) is 7.61. The summed E-state index contributed by atoms with van der Waals surface area (Å²) in [6.45, 7) is 0. The van der Waals surface area contributed by atoms with E-state index >= 15 is 0 Å². The quantitative estimate of drug-likeness (QED) is 0.645. The maximum atomic E-state index is 5.79. The Bertz CT molecular complexity index is 852. The van der Waals surface area contributed by atoms with Crippen LogP contribution >= 0.6 is 0 Å². The van der Waals surface area contributed by atoms with Gasteiger partial charge < -0.3 is 23.8 Å². The highest BCUT2D eigenvalue weighted by molar-refractivity contribution is 5.53. The van der Waals surface area contributed by atoms with E-state index in [9.17, 15) is 0 Å². The van der Waals surface area contributed by atoms with Crippen LogP contribution in [0.15, 0.2) is 54.6 Å². The second kappa shape index (κ2) is 8.04. The van der Waals surface area contributed by atoms with Crippen molar-refractivity contribution in [1.82, 2.24) is 9.97 Å². The molecule has 8 heteroatoms. The molecule has 0 atom stereocenters. The van der Waals surface area contributed by atoms with Crippen molar-refractivity contribution >= 4 is 0 Å². The monoisotopic (exact) mass is 355 g/mol. The van der Waals surface area contributed by atoms with Crippen molar-refractivity contribution in [2.45, 2.75) is 0 Å². The summed E-state index contributed by atoms with van der Waals surface area (Å²) in [5.41, 5.74) is 0. The van der Waals surface area contributed by atoms with Crippen LogP contribution in [0.2, 0.25) is 0 Å². The van der Waals surface area contributed by atoms with Crippen LogP contribution in [0.5, 0.6) is 40.8 Å². The Balaban J connectivity index is 1.92. The molecule has 3 rings (SSSR count). The number of ether oxygens (including phenoxy) is 4. The molecule has 0 bridgehead atoms. The van der Waals surface area contributed by atoms with E-state index in [0.717, 1.165) is 0 Å². The van der Waals surface area contributed by atoms with Gasteiger partial charge in [0.25, 0.3) is 0 Å². The molecular weight excluding hydrogens is 338 g/mol. The minimum Gasteiger partial charge on any atom is -0.481 e. The Hall–Kier alpha value is -3.52. The standard InChI is InChI=1S/C18H17N3O5/c1-22-15-11-16(23-2)21-18(20-15)25-14-10-6-9-13(17(14)26-19)24-12-7-4-3-5-8-12/h3-11H,19H2,1-2H3. The van der Waals surface area contributed by atoms with Crippen LogP contribution in [-0.2, 0) is 0 Å². The molecule has 8 nitrogen and oxygen atoms in total. The Morgan fingerprint density at radius 1 is 0.769 bits per heavy atom. The molecule has 0 aliphatic heterocycles. The number of methoxy groups -OCH3 is 2. The van der Waals surface area contributed by atoms with Crippen molar-refractivity contribution < 1.29 is 23.8 Å². The van der Waals surface area contributed by atoms with Gasteiger partial charge in [-0.15, -0.1) is 0 Å². The van der Waals surface area contributed by atoms with Crippen molar-refractivity contribution in [3.63, 3.8) is 0 Å². The van der Waals surface area contributed by atoms with Gasteiger partial charge in [0.05, 0.1) is 20.3 Å². The highest BCUT2D eigenvalue weighted by Crippen LogP contribution is 2.40. The smallest absolute Gasteiger partial charge is 0.328 e. The first-order valence-electron chi connectivity index (χ1n) is 7.61. The maximum Gasteiger partial charge on any atom is 0.328 e. The van der Waals surface area contributed by atoms with Crippen molar-refractivity contribution in [1.29, 1.82) is 0 Å². The molecule has 0 unspecified atom stereocenters. The van der Waals surface area contributed by atoms with Crippen LogP contribution in [-0.4, -0.2) is 24.2 Å². The number of hydrogen-bond donors (Lipinski definition) is 1. The zero-order valence-electron chi connectivity index (χ0n) is 14.2. The summed E-state index contributed by atoms with van der Waals surface area (Å²) < 4.78 is 21.7. The molecule has 0 saturated heterocycles. The molecule has 1 heterocycles. The summed E-state index contributed by atoms with van der Waals surface area (Å²) in [4.78, 5) is 13.2. The SMILES string of the molecule is COc1cc(OC)nc(Oc2cccc(Oc3ccccc3)c2ON)n1. The van der Waals surface area contributed by atoms with E-state index < -0.39 is 0 Å². The van der Waals surface area contributed by atoms with Crippen molar-refractivity contribution in [2.24, 2.45) is 5.90 Å². The van der Waals surface area contributed by atoms with E-state index in [4.69, 9.17) is 29.7 Å². The van der Waals surface area contributed by atoms with Gasteiger partial charge in [-0.05, 0) is 24.3 Å². The van der Waals surface area contributed by atoms with Crippen molar-refractivity contribution in [3.8, 4) is 40.8 Å². The van der Waals surface area contributed by atoms with Gasteiger partial charge in [-0.25, -0.2) is 0 Å². The summed E-state index contributed by atoms with van der Waals surface area (Å²) in [6.07, 6.45) is 0. The van der Waals surface area contributed by atoms with Crippen LogP contribution in [0.25, 0.3) is 0 Å². The van der Waals surface area contributed by atoms with E-state index in [1.807, 2.05) is 30.3 Å². The topological polar surface area (TPSA) is 98.0 Å². The van der Waals surface area contributed by atoms with Gasteiger partial charge in [-0.2, -0.15) is 15.9 Å². The minimum atomic E-state index is 0.0105. The highest BCUT2D eigenvalue weighted by Gasteiger charge is 2.16. The molecule has 134 valence electrons. The third kappa shape index (κ3) is 3.93. The lowest BCUT2D eigenvalue weighted by Crippen LogP contribution is -2.06. The summed E-state index contributed by atoms with van der Waals surface area (Å²) in [5.74, 6) is 7.48. The summed E-state index contributed by atoms with van der Waals surface area (Å²) >= 11 is 0. The Kier molecular flexibility index (Phi) is 5.35. The molecule has 0 fully saturated rings. The van der Waals surface area contributed by atoms with E-state index in [-0.39, 0.29) is 17.5 Å². The number of hydrogen-bond acceptors (Lipinski definition) is 8. The largest absolute Gasteiger partial charge is 0.481 e. The fourth-order valence-electron chi connectivity index (χ4n) is 2.12. The minimum absolute atomic E-state index is 0.0105. The van der Waals surface area contributed by atoms with Gasteiger partial charge in [0.15, 0.2) is 11.5 Å². The average Bonchev–Trinajstić information content (AvgIpc) is 2.68. The molecule has 3 aromatic rings. The third-order valence-corrected chi connectivity index (χ3v) is 3.31. The molecule has 2 N–H and O–H groups in total. The number of para-hydroxylation sites is 2. The summed E-state index contributed by atoms with van der Waals surface area (Å²) in [6, 6.07) is 15.8. The molecule has 1 aromatic heterocycles. The molecular formula is C18H17N3O5. The van der Waals surface area contributed by atoms with Gasteiger partial charge in [0, 0.05) is 0 Å². The van der Waals surface area contributed by atoms with Gasteiger partial charge >= 0.3 is 6.01 Å². The predicted molar refractivity (Wildman–Crippen MR) is 93.0 cm³/mol. The van der Waals surface area contributed by atoms with Crippen molar-refractivity contribution in [2.75, 3.05) is 14.2 Å². The molecule has 0 radical (unpaired) electrons. The molecule has 0 saturated carbocycles. The van der Waals surface area contributed by atoms with Crippen LogP contribution in [0.4, 0.5) is 0 Å². The first kappa shape index (κ1) is 17.3. The lowest BCUT2D eigenvalue weighted by Gasteiger charge is -2.13. The second-order valence-corrected chi connectivity index (χ2v) is 4.95. The fraction of sp³-hybridized carbons (Fsp3) is 0.111. The normalized spacial score (nSPS) is 10.1. The third-order valence-electron chi connectivity index (χ3n) is 3.31. The Morgan fingerprint density at radius 2 is 1.38 bits per heavy atom. The number of nitrogens with zero attached hydrogens (tertiary/aromatic N) is 2. The molecule has 0 amide bonds. The molecule has 0 aliphatic rings. The zero-order valence-corrected chi connectivity index (χ0v) is 14.2. The van der Waals surface area contributed by atoms with Gasteiger partial charge in [0.1, 0.15) is 5.75 Å². The molecule has 26 heavy (non-hydrogen) atoms. The summed E-state index contributed by atoms with van der Waals surface area (Å²) in [7, 11) is 2.96. The Morgan fingerprint density at radius 3 is 1.96 bits per heavy atom. The zero-order chi connectivity index (χ0) is 18.4. The number of nitrogens with two attached hydrogens (primary N) is 1. The second-order valence-electron chi connectivity index (χ2n) is 4.95. The van der Waals surface area contributed by atoms with Crippen LogP contribution < -0.4 is 29.7 Å². The lowest BCUT2D eigenvalue weighted by molar-refractivity contribution is 0.292. The van der Waals surface area contributed by atoms with E-state index in [2.05, 4.69) is 9.97 Å². The van der Waals surface area contributed by atoms with Crippen LogP contribution in [0.1, 0.15) is 0 Å².